The predicted octanol–water partition coefficient (Wildman–Crippen LogP) is 6.32. The molecule has 0 aromatic heterocycles. The minimum Gasteiger partial charge on any atom is -0.370 e. The van der Waals surface area contributed by atoms with Crippen molar-refractivity contribution in [2.75, 3.05) is 13.1 Å². The van der Waals surface area contributed by atoms with Gasteiger partial charge in [0.25, 0.3) is 0 Å². The van der Waals surface area contributed by atoms with Gasteiger partial charge in [0.05, 0.1) is 10.7 Å². The Balaban J connectivity index is 3.23. The molecular formula is C21H30ClN. The lowest BCUT2D eigenvalue weighted by Crippen LogP contribution is -2.27. The molecule has 0 spiro atoms. The SMILES string of the molecule is C=C/C(Cc1ccccc1)=C(\C(Cl)=C/C)N(CCC)CCCC. The molecule has 1 aromatic carbocycles. The Kier molecular flexibility index (Phi) is 9.47. The molecule has 0 bridgehead atoms. The van der Waals surface area contributed by atoms with Crippen molar-refractivity contribution in [1.29, 1.82) is 0 Å². The molecule has 126 valence electrons. The van der Waals surface area contributed by atoms with Crippen LogP contribution in [0.3, 0.4) is 0 Å². The van der Waals surface area contributed by atoms with Gasteiger partial charge in [-0.2, -0.15) is 0 Å². The quantitative estimate of drug-likeness (QED) is 0.453. The first-order valence-corrected chi connectivity index (χ1v) is 9.02. The molecule has 0 heterocycles. The summed E-state index contributed by atoms with van der Waals surface area (Å²) >= 11 is 6.59. The summed E-state index contributed by atoms with van der Waals surface area (Å²) in [6.45, 7) is 12.5. The molecule has 0 aliphatic carbocycles. The number of hydrogen-bond acceptors (Lipinski definition) is 1. The summed E-state index contributed by atoms with van der Waals surface area (Å²) in [5, 5.41) is 0.820. The van der Waals surface area contributed by atoms with Crippen LogP contribution in [0, 0.1) is 0 Å². The van der Waals surface area contributed by atoms with Gasteiger partial charge in [0.2, 0.25) is 0 Å². The average molecular weight is 332 g/mol. The van der Waals surface area contributed by atoms with E-state index >= 15 is 0 Å². The van der Waals surface area contributed by atoms with Crippen LogP contribution in [-0.2, 0) is 6.42 Å². The van der Waals surface area contributed by atoms with Gasteiger partial charge in [0, 0.05) is 13.1 Å². The molecule has 0 saturated carbocycles. The van der Waals surface area contributed by atoms with Crippen LogP contribution in [0.15, 0.2) is 65.4 Å². The summed E-state index contributed by atoms with van der Waals surface area (Å²) in [6, 6.07) is 10.5. The fourth-order valence-corrected chi connectivity index (χ4v) is 2.91. The fourth-order valence-electron chi connectivity index (χ4n) is 2.67. The first kappa shape index (κ1) is 19.6. The first-order valence-electron chi connectivity index (χ1n) is 8.64. The molecule has 1 rings (SSSR count). The Morgan fingerprint density at radius 3 is 2.35 bits per heavy atom. The van der Waals surface area contributed by atoms with Crippen LogP contribution in [-0.4, -0.2) is 18.0 Å². The maximum atomic E-state index is 6.59. The monoisotopic (exact) mass is 331 g/mol. The number of unbranched alkanes of at least 4 members (excludes halogenated alkanes) is 1. The minimum atomic E-state index is 0.820. The molecule has 1 nitrogen and oxygen atoms in total. The summed E-state index contributed by atoms with van der Waals surface area (Å²) in [6.07, 6.45) is 8.27. The van der Waals surface area contributed by atoms with E-state index in [9.17, 15) is 0 Å². The average Bonchev–Trinajstić information content (AvgIpc) is 2.59. The van der Waals surface area contributed by atoms with E-state index in [0.29, 0.717) is 0 Å². The number of nitrogens with zero attached hydrogens (tertiary/aromatic N) is 1. The summed E-state index contributed by atoms with van der Waals surface area (Å²) < 4.78 is 0. The normalized spacial score (nSPS) is 12.8. The highest BCUT2D eigenvalue weighted by molar-refractivity contribution is 6.32. The van der Waals surface area contributed by atoms with Crippen LogP contribution in [0.5, 0.6) is 0 Å². The van der Waals surface area contributed by atoms with Crippen LogP contribution in [0.25, 0.3) is 0 Å². The van der Waals surface area contributed by atoms with E-state index in [2.05, 4.69) is 49.6 Å². The van der Waals surface area contributed by atoms with Crippen LogP contribution in [0.4, 0.5) is 0 Å². The molecule has 1 aromatic rings. The zero-order valence-corrected chi connectivity index (χ0v) is 15.6. The van der Waals surface area contributed by atoms with E-state index in [-0.39, 0.29) is 0 Å². The van der Waals surface area contributed by atoms with Crippen molar-refractivity contribution < 1.29 is 0 Å². The van der Waals surface area contributed by atoms with E-state index in [1.165, 1.54) is 24.0 Å². The second-order valence-corrected chi connectivity index (χ2v) is 6.12. The molecule has 0 unspecified atom stereocenters. The smallest absolute Gasteiger partial charge is 0.0599 e. The maximum Gasteiger partial charge on any atom is 0.0599 e. The third kappa shape index (κ3) is 6.27. The highest BCUT2D eigenvalue weighted by Gasteiger charge is 2.16. The van der Waals surface area contributed by atoms with E-state index < -0.39 is 0 Å². The third-order valence-corrected chi connectivity index (χ3v) is 4.26. The number of halogens is 1. The minimum absolute atomic E-state index is 0.820. The molecule has 0 saturated heterocycles. The maximum absolute atomic E-state index is 6.59. The lowest BCUT2D eigenvalue weighted by atomic mass is 10.0. The Morgan fingerprint density at radius 2 is 1.83 bits per heavy atom. The highest BCUT2D eigenvalue weighted by Crippen LogP contribution is 2.27. The van der Waals surface area contributed by atoms with Gasteiger partial charge < -0.3 is 4.90 Å². The fraction of sp³-hybridized carbons (Fsp3) is 0.429. The lowest BCUT2D eigenvalue weighted by molar-refractivity contribution is 0.343. The molecule has 0 aliphatic heterocycles. The standard InChI is InChI=1S/C21H30ClN/c1-5-9-16-23(15-6-2)21(20(22)8-4)19(7-3)17-18-13-11-10-12-14-18/h7-8,10-14H,3,5-6,9,15-17H2,1-2,4H3/b20-8+,21-19-. The highest BCUT2D eigenvalue weighted by atomic mass is 35.5. The summed E-state index contributed by atoms with van der Waals surface area (Å²) in [5.41, 5.74) is 3.62. The van der Waals surface area contributed by atoms with E-state index in [4.69, 9.17) is 11.6 Å². The summed E-state index contributed by atoms with van der Waals surface area (Å²) in [7, 11) is 0. The topological polar surface area (TPSA) is 3.24 Å². The van der Waals surface area contributed by atoms with Gasteiger partial charge >= 0.3 is 0 Å². The van der Waals surface area contributed by atoms with Gasteiger partial charge in [-0.3, -0.25) is 0 Å². The van der Waals surface area contributed by atoms with Crippen molar-refractivity contribution in [2.45, 2.75) is 46.5 Å². The van der Waals surface area contributed by atoms with Crippen molar-refractivity contribution >= 4 is 11.6 Å². The Morgan fingerprint density at radius 1 is 1.13 bits per heavy atom. The number of rotatable bonds is 10. The third-order valence-electron chi connectivity index (χ3n) is 3.86. The Bertz CT molecular complexity index is 528. The molecule has 23 heavy (non-hydrogen) atoms. The van der Waals surface area contributed by atoms with Gasteiger partial charge in [-0.05, 0) is 37.3 Å². The number of hydrogen-bond donors (Lipinski definition) is 0. The molecule has 0 aliphatic rings. The van der Waals surface area contributed by atoms with Crippen molar-refractivity contribution in [3.63, 3.8) is 0 Å². The van der Waals surface area contributed by atoms with Crippen LogP contribution in [0.2, 0.25) is 0 Å². The van der Waals surface area contributed by atoms with Gasteiger partial charge in [0.15, 0.2) is 0 Å². The molecule has 0 amide bonds. The zero-order chi connectivity index (χ0) is 17.1. The van der Waals surface area contributed by atoms with E-state index in [0.717, 1.165) is 36.7 Å². The Labute approximate surface area is 147 Å². The lowest BCUT2D eigenvalue weighted by Gasteiger charge is -2.29. The molecule has 0 atom stereocenters. The van der Waals surface area contributed by atoms with Crippen molar-refractivity contribution in [3.05, 3.63) is 70.9 Å². The summed E-state index contributed by atoms with van der Waals surface area (Å²) in [5.74, 6) is 0. The number of allylic oxidation sites excluding steroid dienone is 4. The molecule has 0 radical (unpaired) electrons. The van der Waals surface area contributed by atoms with Gasteiger partial charge in [0.1, 0.15) is 0 Å². The zero-order valence-electron chi connectivity index (χ0n) is 14.8. The molecule has 0 N–H and O–H groups in total. The molecular weight excluding hydrogens is 302 g/mol. The van der Waals surface area contributed by atoms with Crippen molar-refractivity contribution in [2.24, 2.45) is 0 Å². The van der Waals surface area contributed by atoms with Crippen LogP contribution in [0.1, 0.15) is 45.6 Å². The first-order chi connectivity index (χ1) is 11.2. The summed E-state index contributed by atoms with van der Waals surface area (Å²) in [4.78, 5) is 2.42. The molecule has 0 fully saturated rings. The van der Waals surface area contributed by atoms with E-state index in [1.54, 1.807) is 0 Å². The van der Waals surface area contributed by atoms with Crippen molar-refractivity contribution in [3.8, 4) is 0 Å². The Hall–Kier alpha value is -1.47. The second kappa shape index (κ2) is 11.1. The largest absolute Gasteiger partial charge is 0.370 e. The van der Waals surface area contributed by atoms with E-state index in [1.807, 2.05) is 25.1 Å². The number of benzene rings is 1. The second-order valence-electron chi connectivity index (χ2n) is 5.72. The predicted molar refractivity (Wildman–Crippen MR) is 104 cm³/mol. The van der Waals surface area contributed by atoms with Crippen LogP contribution >= 0.6 is 11.6 Å². The molecule has 2 heteroatoms. The van der Waals surface area contributed by atoms with Crippen LogP contribution < -0.4 is 0 Å². The van der Waals surface area contributed by atoms with Gasteiger partial charge in [-0.15, -0.1) is 0 Å². The van der Waals surface area contributed by atoms with Crippen molar-refractivity contribution in [1.82, 2.24) is 4.90 Å². The van der Waals surface area contributed by atoms with Gasteiger partial charge in [-0.25, -0.2) is 0 Å². The van der Waals surface area contributed by atoms with Gasteiger partial charge in [-0.1, -0.05) is 80.9 Å².